The number of nitrogens with two attached hydrogens (primary N) is 1. The lowest BCUT2D eigenvalue weighted by molar-refractivity contribution is -0.121. The summed E-state index contributed by atoms with van der Waals surface area (Å²) in [5, 5.41) is 0. The standard InChI is InChI=1S/C27H40N4O3S/c1-4-6-9-23(3)29-16-14-27(15-17-29,26(28)32)35(33)31-20-18-30(19-21-31)24-10-8-11-25(13-12-24)34-22-7-5-2/h1,8,10,12-13H,3,5-7,9,11,14-22H2,2H3,(H2,28,32). The molecule has 35 heavy (non-hydrogen) atoms. The maximum absolute atomic E-state index is 13.7. The second kappa shape index (κ2) is 13.0. The molecule has 1 unspecified atom stereocenters. The van der Waals surface area contributed by atoms with E-state index in [1.807, 2.05) is 4.31 Å². The first-order valence-corrected chi connectivity index (χ1v) is 13.8. The van der Waals surface area contributed by atoms with Crippen molar-refractivity contribution in [2.75, 3.05) is 45.9 Å². The van der Waals surface area contributed by atoms with E-state index in [2.05, 4.69) is 53.5 Å². The van der Waals surface area contributed by atoms with Gasteiger partial charge in [-0.2, -0.15) is 0 Å². The summed E-state index contributed by atoms with van der Waals surface area (Å²) in [5.74, 6) is 3.16. The van der Waals surface area contributed by atoms with Gasteiger partial charge in [-0.05, 0) is 43.9 Å². The van der Waals surface area contributed by atoms with Crippen LogP contribution in [0.3, 0.4) is 0 Å². The van der Waals surface area contributed by atoms with Crippen molar-refractivity contribution < 1.29 is 13.7 Å². The molecule has 2 saturated heterocycles. The number of piperidine rings is 1. The van der Waals surface area contributed by atoms with Crippen molar-refractivity contribution in [2.45, 2.75) is 56.6 Å². The number of amides is 1. The van der Waals surface area contributed by atoms with Gasteiger partial charge in [0.1, 0.15) is 15.7 Å². The molecular weight excluding hydrogens is 460 g/mol. The number of allylic oxidation sites excluding steroid dienone is 5. The second-order valence-electron chi connectivity index (χ2n) is 9.31. The summed E-state index contributed by atoms with van der Waals surface area (Å²) in [4.78, 5) is 17.0. The van der Waals surface area contributed by atoms with Gasteiger partial charge in [0.25, 0.3) is 0 Å². The van der Waals surface area contributed by atoms with Gasteiger partial charge in [0, 0.05) is 63.5 Å². The summed E-state index contributed by atoms with van der Waals surface area (Å²) in [7, 11) is -1.47. The number of terminal acetylenes is 1. The highest BCUT2D eigenvalue weighted by Gasteiger charge is 2.48. The second-order valence-corrected chi connectivity index (χ2v) is 11.1. The molecule has 8 heteroatoms. The predicted octanol–water partition coefficient (Wildman–Crippen LogP) is 3.06. The fourth-order valence-corrected chi connectivity index (χ4v) is 6.38. The van der Waals surface area contributed by atoms with Crippen molar-refractivity contribution in [3.63, 3.8) is 0 Å². The van der Waals surface area contributed by atoms with Gasteiger partial charge in [-0.3, -0.25) is 4.79 Å². The fourth-order valence-electron chi connectivity index (χ4n) is 4.69. The van der Waals surface area contributed by atoms with Crippen LogP contribution in [0, 0.1) is 12.3 Å². The zero-order chi connectivity index (χ0) is 25.3. The van der Waals surface area contributed by atoms with Gasteiger partial charge in [0.2, 0.25) is 5.91 Å². The third kappa shape index (κ3) is 6.80. The van der Waals surface area contributed by atoms with Gasteiger partial charge >= 0.3 is 0 Å². The number of ether oxygens (including phenoxy) is 1. The number of primary amides is 1. The molecule has 1 atom stereocenters. The number of likely N-dealkylation sites (tertiary alicyclic amines) is 1. The summed E-state index contributed by atoms with van der Waals surface area (Å²) >= 11 is 0. The monoisotopic (exact) mass is 500 g/mol. The first-order chi connectivity index (χ1) is 16.9. The Morgan fingerprint density at radius 1 is 1.23 bits per heavy atom. The molecule has 2 fully saturated rings. The minimum absolute atomic E-state index is 0.462. The lowest BCUT2D eigenvalue weighted by Gasteiger charge is -2.44. The quantitative estimate of drug-likeness (QED) is 0.348. The number of rotatable bonds is 11. The molecule has 1 amide bonds. The van der Waals surface area contributed by atoms with Gasteiger partial charge in [-0.25, -0.2) is 8.51 Å². The Kier molecular flexibility index (Phi) is 10.1. The molecule has 2 heterocycles. The van der Waals surface area contributed by atoms with E-state index in [1.54, 1.807) is 0 Å². The molecular formula is C27H40N4O3S. The maximum Gasteiger partial charge on any atom is 0.237 e. The van der Waals surface area contributed by atoms with Crippen LogP contribution in [0.1, 0.15) is 51.9 Å². The van der Waals surface area contributed by atoms with Crippen LogP contribution >= 0.6 is 0 Å². The van der Waals surface area contributed by atoms with E-state index >= 15 is 0 Å². The lowest BCUT2D eigenvalue weighted by atomic mass is 9.94. The number of carbonyl (C=O) groups is 1. The van der Waals surface area contributed by atoms with Crippen LogP contribution in [-0.4, -0.2) is 74.8 Å². The Balaban J connectivity index is 1.57. The molecule has 0 spiro atoms. The van der Waals surface area contributed by atoms with E-state index in [0.29, 0.717) is 45.4 Å². The van der Waals surface area contributed by atoms with Crippen LogP contribution in [0.4, 0.5) is 0 Å². The number of piperazine rings is 1. The highest BCUT2D eigenvalue weighted by Crippen LogP contribution is 2.33. The summed E-state index contributed by atoms with van der Waals surface area (Å²) in [6.07, 6.45) is 19.1. The van der Waals surface area contributed by atoms with Gasteiger partial charge in [-0.15, -0.1) is 12.3 Å². The average Bonchev–Trinajstić information content (AvgIpc) is 3.13. The smallest absolute Gasteiger partial charge is 0.237 e. The average molecular weight is 501 g/mol. The van der Waals surface area contributed by atoms with Crippen molar-refractivity contribution in [1.29, 1.82) is 0 Å². The number of nitrogens with zero attached hydrogens (tertiary/aromatic N) is 3. The summed E-state index contributed by atoms with van der Waals surface area (Å²) in [6.45, 7) is 11.0. The SMILES string of the molecule is C#CCCC(=C)N1CCC(C(N)=O)(S(=O)N2CCN(C3=CC=C(OCCCC)CC=C3)CC2)CC1. The Morgan fingerprint density at radius 3 is 2.57 bits per heavy atom. The largest absolute Gasteiger partial charge is 0.498 e. The van der Waals surface area contributed by atoms with Gasteiger partial charge in [-0.1, -0.05) is 26.0 Å². The molecule has 0 radical (unpaired) electrons. The van der Waals surface area contributed by atoms with Gasteiger partial charge < -0.3 is 20.3 Å². The Morgan fingerprint density at radius 2 is 1.94 bits per heavy atom. The highest BCUT2D eigenvalue weighted by atomic mass is 32.2. The number of hydrogen-bond acceptors (Lipinski definition) is 5. The molecule has 0 aromatic heterocycles. The lowest BCUT2D eigenvalue weighted by Crippen LogP contribution is -2.60. The molecule has 2 aliphatic heterocycles. The van der Waals surface area contributed by atoms with Crippen molar-refractivity contribution in [3.8, 4) is 12.3 Å². The fraction of sp³-hybridized carbons (Fsp3) is 0.593. The predicted molar refractivity (Wildman–Crippen MR) is 142 cm³/mol. The van der Waals surface area contributed by atoms with Crippen LogP contribution in [0.2, 0.25) is 0 Å². The minimum Gasteiger partial charge on any atom is -0.498 e. The van der Waals surface area contributed by atoms with Crippen LogP contribution in [-0.2, 0) is 20.5 Å². The van der Waals surface area contributed by atoms with E-state index in [-0.39, 0.29) is 0 Å². The molecule has 192 valence electrons. The molecule has 0 aromatic carbocycles. The molecule has 7 nitrogen and oxygen atoms in total. The molecule has 3 rings (SSSR count). The summed E-state index contributed by atoms with van der Waals surface area (Å²) < 4.78 is 20.4. The summed E-state index contributed by atoms with van der Waals surface area (Å²) in [5.41, 5.74) is 7.96. The number of carbonyl (C=O) groups excluding carboxylic acids is 1. The number of hydrogen-bond donors (Lipinski definition) is 1. The molecule has 0 bridgehead atoms. The maximum atomic E-state index is 13.7. The molecule has 0 saturated carbocycles. The third-order valence-electron chi connectivity index (χ3n) is 7.03. The van der Waals surface area contributed by atoms with E-state index in [9.17, 15) is 9.00 Å². The zero-order valence-electron chi connectivity index (χ0n) is 21.0. The Labute approximate surface area is 213 Å². The first-order valence-electron chi connectivity index (χ1n) is 12.7. The minimum atomic E-state index is -1.47. The third-order valence-corrected chi connectivity index (χ3v) is 9.14. The number of unbranched alkanes of at least 4 members (excludes halogenated alkanes) is 1. The molecule has 2 N–H and O–H groups in total. The Bertz CT molecular complexity index is 917. The van der Waals surface area contributed by atoms with Crippen molar-refractivity contribution >= 4 is 16.9 Å². The zero-order valence-corrected chi connectivity index (χ0v) is 21.9. The molecule has 1 aliphatic carbocycles. The van der Waals surface area contributed by atoms with E-state index in [0.717, 1.165) is 62.5 Å². The normalized spacial score (nSPS) is 21.4. The van der Waals surface area contributed by atoms with E-state index in [1.165, 1.54) is 0 Å². The van der Waals surface area contributed by atoms with E-state index in [4.69, 9.17) is 16.9 Å². The van der Waals surface area contributed by atoms with Crippen molar-refractivity contribution in [3.05, 3.63) is 48.0 Å². The van der Waals surface area contributed by atoms with Gasteiger partial charge in [0.15, 0.2) is 0 Å². The van der Waals surface area contributed by atoms with Crippen LogP contribution in [0.25, 0.3) is 0 Å². The Hall–Kier alpha value is -2.50. The van der Waals surface area contributed by atoms with Crippen molar-refractivity contribution in [2.24, 2.45) is 5.73 Å². The first kappa shape index (κ1) is 27.1. The molecule has 3 aliphatic rings. The summed E-state index contributed by atoms with van der Waals surface area (Å²) in [6, 6.07) is 0. The topological polar surface area (TPSA) is 79.1 Å². The van der Waals surface area contributed by atoms with Crippen LogP contribution < -0.4 is 5.73 Å². The highest BCUT2D eigenvalue weighted by molar-refractivity contribution is 7.85. The van der Waals surface area contributed by atoms with Gasteiger partial charge in [0.05, 0.1) is 12.4 Å². The van der Waals surface area contributed by atoms with Crippen LogP contribution in [0.15, 0.2) is 48.0 Å². The van der Waals surface area contributed by atoms with E-state index < -0.39 is 21.6 Å². The molecule has 0 aromatic rings. The van der Waals surface area contributed by atoms with Crippen LogP contribution in [0.5, 0.6) is 0 Å². The van der Waals surface area contributed by atoms with Crippen molar-refractivity contribution in [1.82, 2.24) is 14.1 Å².